The standard InChI is InChI=1S/C21H24F3N6O/c1-31-19-11-10-17(29-27-26-28-30(29)21(22,23)24)13-16(19)12-15-8-5-9-18(25)20(15)14-6-3-2-4-7-14/h2-4,6-7,10-11,13,15,18,20H,5,8-9,12,25H2,1H3/q+1/t15?,18-,20+/m0/s1. The Kier molecular flexibility index (Phi) is 5.90. The Morgan fingerprint density at radius 2 is 1.94 bits per heavy atom. The molecule has 3 aromatic rings. The summed E-state index contributed by atoms with van der Waals surface area (Å²) in [4.78, 5) is 0.423. The second kappa shape index (κ2) is 8.62. The van der Waals surface area contributed by atoms with Gasteiger partial charge in [-0.1, -0.05) is 36.8 Å². The van der Waals surface area contributed by atoms with Crippen LogP contribution >= 0.6 is 0 Å². The number of rotatable bonds is 5. The number of ether oxygens (including phenoxy) is 1. The van der Waals surface area contributed by atoms with Crippen LogP contribution in [0, 0.1) is 5.92 Å². The third-order valence-corrected chi connectivity index (χ3v) is 5.90. The van der Waals surface area contributed by atoms with Gasteiger partial charge < -0.3 is 10.5 Å². The maximum Gasteiger partial charge on any atom is 0.580 e. The van der Waals surface area contributed by atoms with Crippen molar-refractivity contribution in [3.63, 3.8) is 0 Å². The van der Waals surface area contributed by atoms with E-state index in [-0.39, 0.29) is 28.4 Å². The molecule has 0 saturated heterocycles. The summed E-state index contributed by atoms with van der Waals surface area (Å²) >= 11 is 0. The Morgan fingerprint density at radius 3 is 2.65 bits per heavy atom. The van der Waals surface area contributed by atoms with Gasteiger partial charge in [0.1, 0.15) is 16.7 Å². The lowest BCUT2D eigenvalue weighted by molar-refractivity contribution is -0.948. The van der Waals surface area contributed by atoms with Gasteiger partial charge in [0, 0.05) is 21.6 Å². The van der Waals surface area contributed by atoms with Crippen molar-refractivity contribution < 1.29 is 22.7 Å². The summed E-state index contributed by atoms with van der Waals surface area (Å²) in [5.41, 5.74) is 8.69. The van der Waals surface area contributed by atoms with E-state index in [0.717, 1.165) is 24.8 Å². The van der Waals surface area contributed by atoms with E-state index in [4.69, 9.17) is 10.5 Å². The Morgan fingerprint density at radius 1 is 1.16 bits per heavy atom. The van der Waals surface area contributed by atoms with Crippen molar-refractivity contribution in [2.24, 2.45) is 11.7 Å². The molecule has 1 heterocycles. The molecule has 7 nitrogen and oxygen atoms in total. The molecule has 3 atom stereocenters. The SMILES string of the molecule is COc1ccc(-n2nnn[n+]2C(F)(F)F)cc1CC1CCC[C@H](N)[C@@H]1c1ccccc1. The van der Waals surface area contributed by atoms with Crippen LogP contribution in [0.2, 0.25) is 0 Å². The van der Waals surface area contributed by atoms with Crippen molar-refractivity contribution in [3.8, 4) is 11.4 Å². The molecule has 1 aromatic heterocycles. The fourth-order valence-corrected chi connectivity index (χ4v) is 4.57. The van der Waals surface area contributed by atoms with Gasteiger partial charge in [-0.3, -0.25) is 0 Å². The van der Waals surface area contributed by atoms with Gasteiger partial charge in [-0.2, -0.15) is 0 Å². The third-order valence-electron chi connectivity index (χ3n) is 5.90. The van der Waals surface area contributed by atoms with Gasteiger partial charge in [0.15, 0.2) is 0 Å². The van der Waals surface area contributed by atoms with Crippen LogP contribution in [0.15, 0.2) is 48.5 Å². The number of halogens is 3. The number of nitrogens with two attached hydrogens (primary N) is 1. The monoisotopic (exact) mass is 433 g/mol. The molecule has 1 aliphatic rings. The lowest BCUT2D eigenvalue weighted by Crippen LogP contribution is -2.56. The number of aromatic nitrogens is 5. The van der Waals surface area contributed by atoms with Gasteiger partial charge in [0.05, 0.1) is 7.11 Å². The molecule has 1 aliphatic carbocycles. The Hall–Kier alpha value is -3.01. The molecule has 164 valence electrons. The number of alkyl halides is 3. The fourth-order valence-electron chi connectivity index (χ4n) is 4.57. The van der Waals surface area contributed by atoms with Crippen LogP contribution in [-0.2, 0) is 12.7 Å². The predicted octanol–water partition coefficient (Wildman–Crippen LogP) is 2.89. The zero-order valence-corrected chi connectivity index (χ0v) is 17.0. The summed E-state index contributed by atoms with van der Waals surface area (Å²) in [6.07, 6.45) is -1.17. The average molecular weight is 433 g/mol. The van der Waals surface area contributed by atoms with Crippen molar-refractivity contribution in [3.05, 3.63) is 59.7 Å². The van der Waals surface area contributed by atoms with Crippen molar-refractivity contribution >= 4 is 0 Å². The maximum atomic E-state index is 13.2. The van der Waals surface area contributed by atoms with E-state index in [1.54, 1.807) is 19.2 Å². The first-order valence-electron chi connectivity index (χ1n) is 10.1. The highest BCUT2D eigenvalue weighted by Gasteiger charge is 2.43. The van der Waals surface area contributed by atoms with E-state index < -0.39 is 6.30 Å². The number of hydrogen-bond donors (Lipinski definition) is 1. The number of nitrogens with zero attached hydrogens (tertiary/aromatic N) is 5. The van der Waals surface area contributed by atoms with Crippen LogP contribution in [0.4, 0.5) is 13.2 Å². The maximum absolute atomic E-state index is 13.2. The quantitative estimate of drug-likeness (QED) is 0.626. The summed E-state index contributed by atoms with van der Waals surface area (Å²) in [6.45, 7) is 0. The topological polar surface area (TPSA) is 82.7 Å². The minimum Gasteiger partial charge on any atom is -0.496 e. The summed E-state index contributed by atoms with van der Waals surface area (Å²) < 4.78 is 45.2. The molecule has 4 rings (SSSR count). The second-order valence-corrected chi connectivity index (χ2v) is 7.81. The smallest absolute Gasteiger partial charge is 0.496 e. The van der Waals surface area contributed by atoms with E-state index >= 15 is 0 Å². The summed E-state index contributed by atoms with van der Waals surface area (Å²) in [5.74, 6) is 1.01. The fraction of sp³-hybridized carbons (Fsp3) is 0.429. The van der Waals surface area contributed by atoms with E-state index in [2.05, 4.69) is 27.8 Å². The number of hydrogen-bond acceptors (Lipinski definition) is 5. The molecule has 10 heteroatoms. The summed E-state index contributed by atoms with van der Waals surface area (Å²) in [6, 6.07) is 15.0. The van der Waals surface area contributed by atoms with Gasteiger partial charge >= 0.3 is 6.30 Å². The normalized spacial score (nSPS) is 21.8. The molecule has 0 spiro atoms. The van der Waals surface area contributed by atoms with Crippen LogP contribution in [0.25, 0.3) is 5.69 Å². The van der Waals surface area contributed by atoms with Gasteiger partial charge in [-0.15, -0.1) is 13.2 Å². The van der Waals surface area contributed by atoms with E-state index in [1.165, 1.54) is 11.6 Å². The molecule has 0 bridgehead atoms. The molecule has 0 radical (unpaired) electrons. The third kappa shape index (κ3) is 4.39. The van der Waals surface area contributed by atoms with Crippen molar-refractivity contribution in [2.75, 3.05) is 7.11 Å². The zero-order valence-electron chi connectivity index (χ0n) is 17.0. The summed E-state index contributed by atoms with van der Waals surface area (Å²) in [7, 11) is 1.55. The average Bonchev–Trinajstić information content (AvgIpc) is 3.25. The second-order valence-electron chi connectivity index (χ2n) is 7.81. The highest BCUT2D eigenvalue weighted by Crippen LogP contribution is 2.40. The zero-order chi connectivity index (χ0) is 22.0. The van der Waals surface area contributed by atoms with Crippen LogP contribution in [0.5, 0.6) is 5.75 Å². The highest BCUT2D eigenvalue weighted by molar-refractivity contribution is 5.43. The molecule has 2 N–H and O–H groups in total. The number of methoxy groups -OCH3 is 1. The minimum atomic E-state index is -4.74. The van der Waals surface area contributed by atoms with E-state index in [0.29, 0.717) is 17.0 Å². The van der Waals surface area contributed by atoms with Crippen molar-refractivity contribution in [2.45, 2.75) is 43.9 Å². The molecular weight excluding hydrogens is 409 g/mol. The van der Waals surface area contributed by atoms with Crippen LogP contribution < -0.4 is 15.3 Å². The minimum absolute atomic E-state index is 0.0298. The molecule has 1 saturated carbocycles. The molecule has 0 amide bonds. The molecule has 2 aromatic carbocycles. The van der Waals surface area contributed by atoms with Gasteiger partial charge in [-0.05, 0) is 54.5 Å². The van der Waals surface area contributed by atoms with E-state index in [1.807, 2.05) is 18.2 Å². The lowest BCUT2D eigenvalue weighted by Gasteiger charge is -2.37. The van der Waals surface area contributed by atoms with Crippen molar-refractivity contribution in [1.82, 2.24) is 20.4 Å². The Labute approximate surface area is 177 Å². The molecule has 1 fully saturated rings. The Balaban J connectivity index is 1.69. The predicted molar refractivity (Wildman–Crippen MR) is 105 cm³/mol. The number of benzene rings is 2. The van der Waals surface area contributed by atoms with Gasteiger partial charge in [-0.25, -0.2) is 0 Å². The van der Waals surface area contributed by atoms with Crippen molar-refractivity contribution in [1.29, 1.82) is 0 Å². The first-order valence-corrected chi connectivity index (χ1v) is 10.1. The molecule has 1 unspecified atom stereocenters. The summed E-state index contributed by atoms with van der Waals surface area (Å²) in [5, 5.41) is 9.74. The van der Waals surface area contributed by atoms with Crippen LogP contribution in [0.1, 0.15) is 36.3 Å². The molecule has 0 aliphatic heterocycles. The van der Waals surface area contributed by atoms with Crippen LogP contribution in [-0.4, -0.2) is 33.6 Å². The molecule has 31 heavy (non-hydrogen) atoms. The first kappa shape index (κ1) is 21.2. The van der Waals surface area contributed by atoms with E-state index in [9.17, 15) is 13.2 Å². The lowest BCUT2D eigenvalue weighted by atomic mass is 9.70. The molecular formula is C21H24F3N6O+. The van der Waals surface area contributed by atoms with Crippen LogP contribution in [0.3, 0.4) is 0 Å². The highest BCUT2D eigenvalue weighted by atomic mass is 19.4. The largest absolute Gasteiger partial charge is 0.580 e. The first-order chi connectivity index (χ1) is 14.9. The van der Waals surface area contributed by atoms with Gasteiger partial charge in [0.2, 0.25) is 10.4 Å². The van der Waals surface area contributed by atoms with Gasteiger partial charge in [0.25, 0.3) is 0 Å². The Bertz CT molecular complexity index is 1020.